The Morgan fingerprint density at radius 2 is 1.77 bits per heavy atom. The van der Waals surface area contributed by atoms with Crippen molar-refractivity contribution in [1.29, 1.82) is 0 Å². The van der Waals surface area contributed by atoms with Crippen molar-refractivity contribution in [3.05, 3.63) is 72.1 Å². The standard InChI is InChI=1S/C18H16N2OS/c19-22-14-8-6-12(7-9-14)15-10-16(15)17-11-21-18(20-17)13-4-2-1-3-5-13/h1-9,11,15-16H,10,19H2. The van der Waals surface area contributed by atoms with Crippen LogP contribution >= 0.6 is 11.9 Å². The van der Waals surface area contributed by atoms with Gasteiger partial charge in [-0.05, 0) is 54.1 Å². The van der Waals surface area contributed by atoms with E-state index in [9.17, 15) is 0 Å². The molecule has 3 aromatic rings. The molecule has 1 saturated carbocycles. The van der Waals surface area contributed by atoms with Gasteiger partial charge in [-0.3, -0.25) is 5.14 Å². The zero-order chi connectivity index (χ0) is 14.9. The first-order chi connectivity index (χ1) is 10.8. The quantitative estimate of drug-likeness (QED) is 0.717. The minimum atomic E-state index is 0.470. The first-order valence-corrected chi connectivity index (χ1v) is 8.20. The monoisotopic (exact) mass is 308 g/mol. The average Bonchev–Trinajstić information content (AvgIpc) is 3.24. The lowest BCUT2D eigenvalue weighted by Gasteiger charge is -2.00. The van der Waals surface area contributed by atoms with Gasteiger partial charge in [-0.25, -0.2) is 4.98 Å². The summed E-state index contributed by atoms with van der Waals surface area (Å²) in [5.74, 6) is 1.72. The summed E-state index contributed by atoms with van der Waals surface area (Å²) in [6.45, 7) is 0. The lowest BCUT2D eigenvalue weighted by atomic mass is 10.1. The summed E-state index contributed by atoms with van der Waals surface area (Å²) in [5.41, 5.74) is 3.43. The second-order valence-electron chi connectivity index (χ2n) is 5.58. The fourth-order valence-corrected chi connectivity index (χ4v) is 3.15. The van der Waals surface area contributed by atoms with Gasteiger partial charge in [0.25, 0.3) is 0 Å². The Kier molecular flexibility index (Phi) is 3.48. The molecule has 0 amide bonds. The van der Waals surface area contributed by atoms with Crippen molar-refractivity contribution >= 4 is 11.9 Å². The van der Waals surface area contributed by atoms with Crippen molar-refractivity contribution in [3.63, 3.8) is 0 Å². The van der Waals surface area contributed by atoms with E-state index in [1.807, 2.05) is 30.3 Å². The molecule has 2 aromatic carbocycles. The molecule has 3 nitrogen and oxygen atoms in total. The van der Waals surface area contributed by atoms with Crippen molar-refractivity contribution < 1.29 is 4.42 Å². The van der Waals surface area contributed by atoms with Crippen LogP contribution in [-0.4, -0.2) is 4.98 Å². The summed E-state index contributed by atoms with van der Waals surface area (Å²) in [6, 6.07) is 18.5. The molecular formula is C18H16N2OS. The van der Waals surface area contributed by atoms with Crippen LogP contribution in [-0.2, 0) is 0 Å². The van der Waals surface area contributed by atoms with Gasteiger partial charge >= 0.3 is 0 Å². The number of benzene rings is 2. The maximum absolute atomic E-state index is 5.64. The highest BCUT2D eigenvalue weighted by Crippen LogP contribution is 2.54. The molecule has 4 rings (SSSR count). The smallest absolute Gasteiger partial charge is 0.226 e. The summed E-state index contributed by atoms with van der Waals surface area (Å²) >= 11 is 1.28. The van der Waals surface area contributed by atoms with Crippen LogP contribution in [0.5, 0.6) is 0 Å². The number of nitrogens with two attached hydrogens (primary N) is 1. The molecule has 0 saturated heterocycles. The highest BCUT2D eigenvalue weighted by molar-refractivity contribution is 7.97. The van der Waals surface area contributed by atoms with Gasteiger partial charge in [-0.1, -0.05) is 30.3 Å². The lowest BCUT2D eigenvalue weighted by Crippen LogP contribution is -1.86. The Morgan fingerprint density at radius 1 is 1.00 bits per heavy atom. The summed E-state index contributed by atoms with van der Waals surface area (Å²) < 4.78 is 5.64. The molecule has 22 heavy (non-hydrogen) atoms. The van der Waals surface area contributed by atoms with Gasteiger partial charge in [0.1, 0.15) is 6.26 Å². The van der Waals surface area contributed by atoms with Gasteiger partial charge in [0.05, 0.1) is 5.69 Å². The van der Waals surface area contributed by atoms with Crippen molar-refractivity contribution in [2.75, 3.05) is 0 Å². The van der Waals surface area contributed by atoms with Crippen LogP contribution < -0.4 is 5.14 Å². The summed E-state index contributed by atoms with van der Waals surface area (Å²) in [6.07, 6.45) is 2.94. The van der Waals surface area contributed by atoms with Gasteiger partial charge in [0, 0.05) is 16.4 Å². The van der Waals surface area contributed by atoms with Crippen LogP contribution in [0.25, 0.3) is 11.5 Å². The number of aromatic nitrogens is 1. The normalized spacial score (nSPS) is 20.0. The van der Waals surface area contributed by atoms with Crippen molar-refractivity contribution in [2.24, 2.45) is 5.14 Å². The Bertz CT molecular complexity index is 767. The second kappa shape index (κ2) is 5.63. The van der Waals surface area contributed by atoms with Gasteiger partial charge in [-0.2, -0.15) is 0 Å². The highest BCUT2D eigenvalue weighted by atomic mass is 32.2. The fourth-order valence-electron chi connectivity index (χ4n) is 2.85. The van der Waals surface area contributed by atoms with Crippen molar-refractivity contribution in [2.45, 2.75) is 23.2 Å². The van der Waals surface area contributed by atoms with Crippen LogP contribution in [0, 0.1) is 0 Å². The molecule has 2 atom stereocenters. The van der Waals surface area contributed by atoms with E-state index in [2.05, 4.69) is 29.2 Å². The maximum atomic E-state index is 5.64. The van der Waals surface area contributed by atoms with E-state index in [4.69, 9.17) is 9.56 Å². The van der Waals surface area contributed by atoms with Gasteiger partial charge < -0.3 is 4.42 Å². The molecular weight excluding hydrogens is 292 g/mol. The lowest BCUT2D eigenvalue weighted by molar-refractivity contribution is 0.572. The molecule has 4 heteroatoms. The molecule has 0 bridgehead atoms. The third-order valence-corrected chi connectivity index (χ3v) is 4.70. The largest absolute Gasteiger partial charge is 0.444 e. The second-order valence-corrected chi connectivity index (χ2v) is 6.29. The predicted octanol–water partition coefficient (Wildman–Crippen LogP) is 4.58. The minimum absolute atomic E-state index is 0.470. The van der Waals surface area contributed by atoms with Crippen LogP contribution in [0.4, 0.5) is 0 Å². The molecule has 1 fully saturated rings. The fraction of sp³-hybridized carbons (Fsp3) is 0.167. The van der Waals surface area contributed by atoms with Crippen molar-refractivity contribution in [3.8, 4) is 11.5 Å². The number of rotatable bonds is 4. The van der Waals surface area contributed by atoms with E-state index < -0.39 is 0 Å². The van der Waals surface area contributed by atoms with Gasteiger partial charge in [-0.15, -0.1) is 0 Å². The molecule has 1 aliphatic rings. The molecule has 2 unspecified atom stereocenters. The van der Waals surface area contributed by atoms with E-state index in [0.717, 1.165) is 22.6 Å². The molecule has 1 aliphatic carbocycles. The Balaban J connectivity index is 1.51. The number of nitrogens with zero attached hydrogens (tertiary/aromatic N) is 1. The first-order valence-electron chi connectivity index (χ1n) is 7.32. The molecule has 1 aromatic heterocycles. The first kappa shape index (κ1) is 13.6. The maximum Gasteiger partial charge on any atom is 0.226 e. The summed E-state index contributed by atoms with van der Waals surface area (Å²) in [7, 11) is 0. The Morgan fingerprint density at radius 3 is 2.50 bits per heavy atom. The average molecular weight is 308 g/mol. The minimum Gasteiger partial charge on any atom is -0.444 e. The predicted molar refractivity (Wildman–Crippen MR) is 88.5 cm³/mol. The van der Waals surface area contributed by atoms with E-state index in [-0.39, 0.29) is 0 Å². The van der Waals surface area contributed by atoms with E-state index in [0.29, 0.717) is 17.7 Å². The molecule has 110 valence electrons. The van der Waals surface area contributed by atoms with Gasteiger partial charge in [0.2, 0.25) is 5.89 Å². The molecule has 2 N–H and O–H groups in total. The molecule has 0 radical (unpaired) electrons. The van der Waals surface area contributed by atoms with E-state index >= 15 is 0 Å². The highest BCUT2D eigenvalue weighted by Gasteiger charge is 2.41. The summed E-state index contributed by atoms with van der Waals surface area (Å²) in [4.78, 5) is 5.75. The van der Waals surface area contributed by atoms with E-state index in [1.54, 1.807) is 6.26 Å². The number of oxazole rings is 1. The molecule has 0 aliphatic heterocycles. The third kappa shape index (κ3) is 2.56. The number of hydrogen-bond donors (Lipinski definition) is 1. The molecule has 1 heterocycles. The third-order valence-electron chi connectivity index (χ3n) is 4.16. The Labute approximate surface area is 133 Å². The van der Waals surface area contributed by atoms with Crippen LogP contribution in [0.15, 0.2) is 70.2 Å². The van der Waals surface area contributed by atoms with Gasteiger partial charge in [0.15, 0.2) is 0 Å². The van der Waals surface area contributed by atoms with Crippen molar-refractivity contribution in [1.82, 2.24) is 4.98 Å². The van der Waals surface area contributed by atoms with Crippen LogP contribution in [0.3, 0.4) is 0 Å². The Hall–Kier alpha value is -2.04. The summed E-state index contributed by atoms with van der Waals surface area (Å²) in [5, 5.41) is 5.56. The van der Waals surface area contributed by atoms with Crippen LogP contribution in [0.2, 0.25) is 0 Å². The zero-order valence-corrected chi connectivity index (χ0v) is 12.8. The van der Waals surface area contributed by atoms with E-state index in [1.165, 1.54) is 17.5 Å². The topological polar surface area (TPSA) is 52.0 Å². The SMILES string of the molecule is NSc1ccc(C2CC2c2coc(-c3ccccc3)n2)cc1. The molecule has 0 spiro atoms. The van der Waals surface area contributed by atoms with Crippen LogP contribution in [0.1, 0.15) is 29.5 Å². The zero-order valence-electron chi connectivity index (χ0n) is 12.0. The number of hydrogen-bond acceptors (Lipinski definition) is 4.